The quantitative estimate of drug-likeness (QED) is 0.169. The zero-order valence-corrected chi connectivity index (χ0v) is 34.8. The van der Waals surface area contributed by atoms with E-state index >= 15 is 0 Å². The van der Waals surface area contributed by atoms with Gasteiger partial charge in [-0.05, 0) is 127 Å². The number of fused-ring (bicyclic) bond motifs is 7. The molecule has 0 atom stereocenters. The summed E-state index contributed by atoms with van der Waals surface area (Å²) in [5.74, 6) is 1.39. The van der Waals surface area contributed by atoms with Gasteiger partial charge in [-0.2, -0.15) is 0 Å². The Morgan fingerprint density at radius 3 is 1.88 bits per heavy atom. The molecule has 2 heterocycles. The summed E-state index contributed by atoms with van der Waals surface area (Å²) < 4.78 is 9.29. The third-order valence-electron chi connectivity index (χ3n) is 13.5. The van der Waals surface area contributed by atoms with Crippen LogP contribution in [-0.2, 0) is 10.8 Å². The Bertz CT molecular complexity index is 3030. The number of imidazole rings is 1. The largest absolute Gasteiger partial charge is 0.455 e. The Kier molecular flexibility index (Phi) is 8.22. The maximum atomic E-state index is 6.86. The van der Waals surface area contributed by atoms with Crippen molar-refractivity contribution < 1.29 is 4.42 Å². The summed E-state index contributed by atoms with van der Waals surface area (Å²) >= 11 is 0. The molecule has 0 fully saturated rings. The number of hydrogen-bond acceptors (Lipinski definition) is 2. The second-order valence-corrected chi connectivity index (χ2v) is 18.0. The van der Waals surface area contributed by atoms with Crippen molar-refractivity contribution in [2.24, 2.45) is 0 Å². The fourth-order valence-corrected chi connectivity index (χ4v) is 9.61. The van der Waals surface area contributed by atoms with Crippen LogP contribution >= 0.6 is 0 Å². The maximum absolute atomic E-state index is 6.86. The molecule has 0 saturated heterocycles. The van der Waals surface area contributed by atoms with E-state index in [0.717, 1.165) is 49.9 Å². The van der Waals surface area contributed by atoms with Gasteiger partial charge in [-0.15, -0.1) is 0 Å². The van der Waals surface area contributed by atoms with E-state index < -0.39 is 0 Å². The topological polar surface area (TPSA) is 31.0 Å². The van der Waals surface area contributed by atoms with E-state index in [4.69, 9.17) is 9.40 Å². The molecule has 0 N–H and O–H groups in total. The highest BCUT2D eigenvalue weighted by Crippen LogP contribution is 2.54. The standard InChI is InChI=1S/C55H50N2O/c1-33(2)44-29-38(36-25-27-40-39-19-12-13-22-46(39)54(5,6)55(7,8)47(40)31-36)30-45(34(3)4)51(44)57-49-24-15-14-23-48(49)56-53(57)43-21-16-20-42-41-28-26-37(32-50(41)58-52(42)43)35-17-10-9-11-18-35/h9-34H,1-8H3. The van der Waals surface area contributed by atoms with E-state index in [9.17, 15) is 0 Å². The van der Waals surface area contributed by atoms with Crippen molar-refractivity contribution in [2.45, 2.75) is 78.1 Å². The number of para-hydroxylation sites is 3. The van der Waals surface area contributed by atoms with E-state index in [-0.39, 0.29) is 22.7 Å². The molecule has 286 valence electrons. The Morgan fingerprint density at radius 1 is 0.500 bits per heavy atom. The molecule has 0 radical (unpaired) electrons. The van der Waals surface area contributed by atoms with Crippen LogP contribution in [0.15, 0.2) is 150 Å². The Balaban J connectivity index is 1.19. The lowest BCUT2D eigenvalue weighted by molar-refractivity contribution is 0.299. The Morgan fingerprint density at radius 2 is 1.12 bits per heavy atom. The molecule has 0 bridgehead atoms. The Hall–Kier alpha value is -6.19. The van der Waals surface area contributed by atoms with Gasteiger partial charge >= 0.3 is 0 Å². The molecule has 2 aromatic heterocycles. The summed E-state index contributed by atoms with van der Waals surface area (Å²) in [6.07, 6.45) is 0. The number of furan rings is 1. The van der Waals surface area contributed by atoms with Gasteiger partial charge in [0.1, 0.15) is 17.0 Å². The van der Waals surface area contributed by atoms with Gasteiger partial charge < -0.3 is 4.42 Å². The minimum atomic E-state index is -0.0696. The predicted octanol–water partition coefficient (Wildman–Crippen LogP) is 15.4. The average Bonchev–Trinajstić information content (AvgIpc) is 3.81. The highest BCUT2D eigenvalue weighted by molar-refractivity contribution is 6.10. The van der Waals surface area contributed by atoms with Gasteiger partial charge in [0.05, 0.1) is 22.3 Å². The number of benzene rings is 7. The van der Waals surface area contributed by atoms with Gasteiger partial charge in [-0.1, -0.05) is 152 Å². The lowest BCUT2D eigenvalue weighted by atomic mass is 9.55. The van der Waals surface area contributed by atoms with Gasteiger partial charge in [-0.25, -0.2) is 4.98 Å². The first-order valence-corrected chi connectivity index (χ1v) is 20.9. The summed E-state index contributed by atoms with van der Waals surface area (Å²) in [6, 6.07) is 53.2. The van der Waals surface area contributed by atoms with Gasteiger partial charge in [-0.3, -0.25) is 4.57 Å². The van der Waals surface area contributed by atoms with Crippen molar-refractivity contribution >= 4 is 33.0 Å². The minimum Gasteiger partial charge on any atom is -0.455 e. The molecule has 9 aromatic rings. The number of aromatic nitrogens is 2. The second kappa shape index (κ2) is 13.2. The lowest BCUT2D eigenvalue weighted by Gasteiger charge is -2.48. The predicted molar refractivity (Wildman–Crippen MR) is 244 cm³/mol. The van der Waals surface area contributed by atoms with Gasteiger partial charge in [0, 0.05) is 10.8 Å². The van der Waals surface area contributed by atoms with Crippen molar-refractivity contribution in [1.82, 2.24) is 9.55 Å². The molecule has 3 heteroatoms. The molecular formula is C55H50N2O. The smallest absolute Gasteiger partial charge is 0.149 e. The van der Waals surface area contributed by atoms with E-state index in [0.29, 0.717) is 0 Å². The van der Waals surface area contributed by atoms with Crippen molar-refractivity contribution in [3.05, 3.63) is 168 Å². The summed E-state index contributed by atoms with van der Waals surface area (Å²) in [5.41, 5.74) is 18.8. The normalized spacial score (nSPS) is 14.4. The van der Waals surface area contributed by atoms with Crippen LogP contribution in [0.5, 0.6) is 0 Å². The maximum Gasteiger partial charge on any atom is 0.149 e. The molecule has 1 aliphatic rings. The van der Waals surface area contributed by atoms with E-state index in [1.807, 2.05) is 0 Å². The first-order chi connectivity index (χ1) is 27.9. The number of nitrogens with zero attached hydrogens (tertiary/aromatic N) is 2. The zero-order chi connectivity index (χ0) is 40.1. The van der Waals surface area contributed by atoms with E-state index in [1.165, 1.54) is 55.8 Å². The van der Waals surface area contributed by atoms with Crippen molar-refractivity contribution in [3.63, 3.8) is 0 Å². The third kappa shape index (κ3) is 5.36. The summed E-state index contributed by atoms with van der Waals surface area (Å²) in [4.78, 5) is 5.43. The van der Waals surface area contributed by atoms with Crippen LogP contribution in [0.4, 0.5) is 0 Å². The van der Waals surface area contributed by atoms with Crippen LogP contribution in [0.1, 0.15) is 89.5 Å². The van der Waals surface area contributed by atoms with Crippen molar-refractivity contribution in [2.75, 3.05) is 0 Å². The minimum absolute atomic E-state index is 0.0307. The van der Waals surface area contributed by atoms with Crippen LogP contribution in [0.2, 0.25) is 0 Å². The van der Waals surface area contributed by atoms with Crippen LogP contribution in [0.25, 0.3) is 83.4 Å². The van der Waals surface area contributed by atoms with Crippen LogP contribution in [-0.4, -0.2) is 9.55 Å². The monoisotopic (exact) mass is 754 g/mol. The SMILES string of the molecule is CC(C)c1cc(-c2ccc3c(c2)C(C)(C)C(C)(C)c2ccccc2-3)cc(C(C)C)c1-n1c(-c2cccc3c2oc2cc(-c4ccccc4)ccc23)nc2ccccc21. The molecule has 0 spiro atoms. The first-order valence-electron chi connectivity index (χ1n) is 20.9. The summed E-state index contributed by atoms with van der Waals surface area (Å²) in [5, 5.41) is 2.20. The van der Waals surface area contributed by atoms with Crippen molar-refractivity contribution in [1.29, 1.82) is 0 Å². The van der Waals surface area contributed by atoms with Gasteiger partial charge in [0.15, 0.2) is 0 Å². The number of hydrogen-bond donors (Lipinski definition) is 0. The summed E-state index contributed by atoms with van der Waals surface area (Å²) in [7, 11) is 0. The fraction of sp³-hybridized carbons (Fsp3) is 0.218. The molecule has 0 amide bonds. The molecular weight excluding hydrogens is 705 g/mol. The van der Waals surface area contributed by atoms with E-state index in [1.54, 1.807) is 0 Å². The fourth-order valence-electron chi connectivity index (χ4n) is 9.61. The lowest BCUT2D eigenvalue weighted by Crippen LogP contribution is -2.43. The van der Waals surface area contributed by atoms with Crippen LogP contribution in [0, 0.1) is 0 Å². The zero-order valence-electron chi connectivity index (χ0n) is 34.8. The molecule has 0 unspecified atom stereocenters. The average molecular weight is 755 g/mol. The first kappa shape index (κ1) is 36.2. The van der Waals surface area contributed by atoms with Gasteiger partial charge in [0.25, 0.3) is 0 Å². The molecule has 10 rings (SSSR count). The summed E-state index contributed by atoms with van der Waals surface area (Å²) in [6.45, 7) is 19.0. The molecule has 7 aromatic carbocycles. The second-order valence-electron chi connectivity index (χ2n) is 18.0. The third-order valence-corrected chi connectivity index (χ3v) is 13.5. The highest BCUT2D eigenvalue weighted by Gasteiger charge is 2.45. The highest BCUT2D eigenvalue weighted by atomic mass is 16.3. The molecule has 0 aliphatic heterocycles. The van der Waals surface area contributed by atoms with Crippen LogP contribution in [0.3, 0.4) is 0 Å². The number of rotatable bonds is 6. The van der Waals surface area contributed by atoms with Gasteiger partial charge in [0.2, 0.25) is 0 Å². The van der Waals surface area contributed by atoms with Crippen molar-refractivity contribution in [3.8, 4) is 50.5 Å². The molecule has 3 nitrogen and oxygen atoms in total. The molecule has 0 saturated carbocycles. The van der Waals surface area contributed by atoms with Crippen LogP contribution < -0.4 is 0 Å². The Labute approximate surface area is 342 Å². The molecule has 58 heavy (non-hydrogen) atoms. The van der Waals surface area contributed by atoms with E-state index in [2.05, 4.69) is 206 Å². The molecule has 1 aliphatic carbocycles.